The van der Waals surface area contributed by atoms with Crippen molar-refractivity contribution >= 4 is 11.5 Å². The number of ketones is 1. The number of benzene rings is 2. The molecular formula is C22H22F3NO2. The molecule has 0 bridgehead atoms. The number of alkyl halides is 3. The summed E-state index contributed by atoms with van der Waals surface area (Å²) in [4.78, 5) is 12.7. The van der Waals surface area contributed by atoms with Crippen LogP contribution in [0.3, 0.4) is 0 Å². The lowest BCUT2D eigenvalue weighted by molar-refractivity contribution is -0.137. The molecule has 0 saturated heterocycles. The predicted molar refractivity (Wildman–Crippen MR) is 101 cm³/mol. The van der Waals surface area contributed by atoms with Crippen molar-refractivity contribution in [2.24, 2.45) is 0 Å². The maximum absolute atomic E-state index is 12.8. The summed E-state index contributed by atoms with van der Waals surface area (Å²) in [6.45, 7) is 6.35. The van der Waals surface area contributed by atoms with Crippen LogP contribution in [0.5, 0.6) is 5.75 Å². The van der Waals surface area contributed by atoms with Gasteiger partial charge in [0.1, 0.15) is 17.6 Å². The zero-order chi connectivity index (χ0) is 20.3. The van der Waals surface area contributed by atoms with Gasteiger partial charge in [-0.1, -0.05) is 39.0 Å². The summed E-state index contributed by atoms with van der Waals surface area (Å²) in [5, 5.41) is 3.43. The summed E-state index contributed by atoms with van der Waals surface area (Å²) in [5.41, 5.74) is 1.78. The first-order chi connectivity index (χ1) is 13.0. The summed E-state index contributed by atoms with van der Waals surface area (Å²) in [5.74, 6) is 0.153. The van der Waals surface area contributed by atoms with Crippen molar-refractivity contribution in [2.45, 2.75) is 56.8 Å². The van der Waals surface area contributed by atoms with E-state index in [1.807, 2.05) is 18.2 Å². The first kappa shape index (κ1) is 18.8. The second-order valence-corrected chi connectivity index (χ2v) is 8.56. The lowest BCUT2D eigenvalue weighted by Crippen LogP contribution is -2.40. The molecule has 3 atom stereocenters. The number of ether oxygens (including phenoxy) is 1. The molecule has 0 radical (unpaired) electrons. The third-order valence-electron chi connectivity index (χ3n) is 5.55. The van der Waals surface area contributed by atoms with Crippen molar-refractivity contribution in [1.29, 1.82) is 0 Å². The van der Waals surface area contributed by atoms with Gasteiger partial charge in [0.25, 0.3) is 0 Å². The van der Waals surface area contributed by atoms with E-state index in [-0.39, 0.29) is 29.8 Å². The average Bonchev–Trinajstić information content (AvgIpc) is 2.92. The zero-order valence-corrected chi connectivity index (χ0v) is 15.9. The van der Waals surface area contributed by atoms with E-state index < -0.39 is 17.7 Å². The van der Waals surface area contributed by atoms with Crippen LogP contribution in [0.2, 0.25) is 0 Å². The molecule has 148 valence electrons. The van der Waals surface area contributed by atoms with Crippen molar-refractivity contribution in [3.8, 4) is 5.75 Å². The number of rotatable bonds is 1. The highest BCUT2D eigenvalue weighted by atomic mass is 19.4. The molecule has 2 aromatic rings. The van der Waals surface area contributed by atoms with E-state index in [1.165, 1.54) is 12.1 Å². The molecule has 0 amide bonds. The van der Waals surface area contributed by atoms with Gasteiger partial charge in [-0.3, -0.25) is 4.79 Å². The standard InChI is InChI=1S/C22H22F3NO2/c1-21(2,3)14-8-9-17-15(10-14)26-20-18(28-17)11-16(27)19(20)12-4-6-13(7-5-12)22(23,24)25/h4-10,18-20,26H,11H2,1-3H3/t18-,19-,20-/m1/s1. The smallest absolute Gasteiger partial charge is 0.416 e. The molecule has 1 fully saturated rings. The predicted octanol–water partition coefficient (Wildman–Crippen LogP) is 5.30. The maximum Gasteiger partial charge on any atom is 0.416 e. The minimum Gasteiger partial charge on any atom is -0.486 e. The van der Waals surface area contributed by atoms with E-state index >= 15 is 0 Å². The Morgan fingerprint density at radius 1 is 1.00 bits per heavy atom. The number of Topliss-reactive ketones (excluding diaryl/α,β-unsaturated/α-hetero) is 1. The van der Waals surface area contributed by atoms with Gasteiger partial charge in [0, 0.05) is 6.42 Å². The second kappa shape index (κ2) is 6.26. The van der Waals surface area contributed by atoms with Crippen molar-refractivity contribution in [3.05, 3.63) is 59.2 Å². The van der Waals surface area contributed by atoms with E-state index in [2.05, 4.69) is 26.1 Å². The monoisotopic (exact) mass is 389 g/mol. The normalized spacial score (nSPS) is 24.2. The van der Waals surface area contributed by atoms with Gasteiger partial charge < -0.3 is 10.1 Å². The van der Waals surface area contributed by atoms with Crippen LogP contribution in [0.4, 0.5) is 18.9 Å². The number of carbonyl (C=O) groups excluding carboxylic acids is 1. The second-order valence-electron chi connectivity index (χ2n) is 8.56. The molecule has 1 N–H and O–H groups in total. The fraction of sp³-hybridized carbons (Fsp3) is 0.409. The van der Waals surface area contributed by atoms with Crippen LogP contribution >= 0.6 is 0 Å². The van der Waals surface area contributed by atoms with Crippen LogP contribution in [0.15, 0.2) is 42.5 Å². The average molecular weight is 389 g/mol. The Balaban J connectivity index is 1.65. The molecule has 0 unspecified atom stereocenters. The van der Waals surface area contributed by atoms with E-state index in [0.717, 1.165) is 23.4 Å². The van der Waals surface area contributed by atoms with Crippen molar-refractivity contribution < 1.29 is 22.7 Å². The SMILES string of the molecule is CC(C)(C)c1ccc2c(c1)N[C@@H]1[C@@H](CC(=O)[C@H]1c1ccc(C(F)(F)F)cc1)O2. The van der Waals surface area contributed by atoms with Crippen LogP contribution in [0.25, 0.3) is 0 Å². The van der Waals surface area contributed by atoms with Crippen LogP contribution in [0.1, 0.15) is 49.8 Å². The molecule has 3 nitrogen and oxygen atoms in total. The van der Waals surface area contributed by atoms with E-state index in [0.29, 0.717) is 11.3 Å². The molecule has 4 rings (SSSR count). The molecule has 1 aliphatic heterocycles. The third-order valence-corrected chi connectivity index (χ3v) is 5.55. The summed E-state index contributed by atoms with van der Waals surface area (Å²) >= 11 is 0. The van der Waals surface area contributed by atoms with Crippen molar-refractivity contribution in [3.63, 3.8) is 0 Å². The first-order valence-corrected chi connectivity index (χ1v) is 9.31. The Morgan fingerprint density at radius 3 is 2.25 bits per heavy atom. The van der Waals surface area contributed by atoms with Gasteiger partial charge in [-0.05, 0) is 40.8 Å². The Kier molecular flexibility index (Phi) is 4.21. The lowest BCUT2D eigenvalue weighted by atomic mass is 9.86. The lowest BCUT2D eigenvalue weighted by Gasteiger charge is -2.34. The molecule has 2 aliphatic rings. The van der Waals surface area contributed by atoms with Gasteiger partial charge in [0.05, 0.1) is 23.2 Å². The maximum atomic E-state index is 12.8. The third kappa shape index (κ3) is 3.25. The molecular weight excluding hydrogens is 367 g/mol. The molecule has 1 aliphatic carbocycles. The molecule has 28 heavy (non-hydrogen) atoms. The molecule has 0 spiro atoms. The zero-order valence-electron chi connectivity index (χ0n) is 15.9. The molecule has 1 saturated carbocycles. The van der Waals surface area contributed by atoms with E-state index in [1.54, 1.807) is 0 Å². The molecule has 6 heteroatoms. The van der Waals surface area contributed by atoms with Gasteiger partial charge in [-0.15, -0.1) is 0 Å². The fourth-order valence-corrected chi connectivity index (χ4v) is 3.99. The van der Waals surface area contributed by atoms with Crippen LogP contribution in [-0.4, -0.2) is 17.9 Å². The fourth-order valence-electron chi connectivity index (χ4n) is 3.99. The quantitative estimate of drug-likeness (QED) is 0.719. The van der Waals surface area contributed by atoms with Crippen LogP contribution in [0, 0.1) is 0 Å². The van der Waals surface area contributed by atoms with E-state index in [9.17, 15) is 18.0 Å². The van der Waals surface area contributed by atoms with Gasteiger partial charge in [0.15, 0.2) is 0 Å². The van der Waals surface area contributed by atoms with Crippen molar-refractivity contribution in [1.82, 2.24) is 0 Å². The number of hydrogen-bond acceptors (Lipinski definition) is 3. The number of fused-ring (bicyclic) bond motifs is 2. The number of carbonyl (C=O) groups is 1. The molecule has 2 aromatic carbocycles. The first-order valence-electron chi connectivity index (χ1n) is 9.31. The summed E-state index contributed by atoms with van der Waals surface area (Å²) in [7, 11) is 0. The number of hydrogen-bond donors (Lipinski definition) is 1. The minimum absolute atomic E-state index is 0.0221. The largest absolute Gasteiger partial charge is 0.486 e. The Hall–Kier alpha value is -2.50. The number of anilines is 1. The van der Waals surface area contributed by atoms with Gasteiger partial charge in [0.2, 0.25) is 0 Å². The van der Waals surface area contributed by atoms with Gasteiger partial charge >= 0.3 is 6.18 Å². The molecule has 0 aromatic heterocycles. The Bertz CT molecular complexity index is 913. The highest BCUT2D eigenvalue weighted by Crippen LogP contribution is 2.44. The van der Waals surface area contributed by atoms with Crippen LogP contribution in [-0.2, 0) is 16.4 Å². The summed E-state index contributed by atoms with van der Waals surface area (Å²) < 4.78 is 44.6. The Labute approximate surface area is 161 Å². The summed E-state index contributed by atoms with van der Waals surface area (Å²) in [6, 6.07) is 10.5. The van der Waals surface area contributed by atoms with Crippen molar-refractivity contribution in [2.75, 3.05) is 5.32 Å². The minimum atomic E-state index is -4.39. The van der Waals surface area contributed by atoms with Gasteiger partial charge in [-0.2, -0.15) is 13.2 Å². The number of nitrogens with one attached hydrogen (secondary N) is 1. The highest BCUT2D eigenvalue weighted by Gasteiger charge is 2.47. The highest BCUT2D eigenvalue weighted by molar-refractivity contribution is 5.91. The van der Waals surface area contributed by atoms with E-state index in [4.69, 9.17) is 4.74 Å². The summed E-state index contributed by atoms with van der Waals surface area (Å²) in [6.07, 6.45) is -4.48. The number of halogens is 3. The van der Waals surface area contributed by atoms with Gasteiger partial charge in [-0.25, -0.2) is 0 Å². The Morgan fingerprint density at radius 2 is 1.64 bits per heavy atom. The topological polar surface area (TPSA) is 38.3 Å². The van der Waals surface area contributed by atoms with Crippen LogP contribution < -0.4 is 10.1 Å². The molecule has 1 heterocycles.